The summed E-state index contributed by atoms with van der Waals surface area (Å²) in [6.07, 6.45) is 7.14. The van der Waals surface area contributed by atoms with Crippen LogP contribution in [-0.4, -0.2) is 31.8 Å². The van der Waals surface area contributed by atoms with Crippen molar-refractivity contribution in [2.24, 2.45) is 17.8 Å². The van der Waals surface area contributed by atoms with Crippen molar-refractivity contribution in [2.75, 3.05) is 13.7 Å². The van der Waals surface area contributed by atoms with Gasteiger partial charge in [0.25, 0.3) is 0 Å². The SMILES string of the molecule is COc1ccccc1CC(=O)N[C@@H]1[C@@H]2CCO[C@@H]2[C@@H]1C1CCCC1. The zero-order chi connectivity index (χ0) is 16.5. The molecule has 3 fully saturated rings. The molecule has 3 aliphatic rings. The molecule has 1 heterocycles. The van der Waals surface area contributed by atoms with E-state index in [0.29, 0.717) is 30.4 Å². The Balaban J connectivity index is 1.42. The molecular formula is C20H27NO3. The number of ether oxygens (including phenoxy) is 2. The Kier molecular flexibility index (Phi) is 4.49. The minimum absolute atomic E-state index is 0.109. The van der Waals surface area contributed by atoms with Crippen LogP contribution in [0.2, 0.25) is 0 Å². The summed E-state index contributed by atoms with van der Waals surface area (Å²) < 4.78 is 11.3. The van der Waals surface area contributed by atoms with Gasteiger partial charge in [-0.15, -0.1) is 0 Å². The average molecular weight is 329 g/mol. The summed E-state index contributed by atoms with van der Waals surface area (Å²) in [6.45, 7) is 0.859. The predicted octanol–water partition coefficient (Wildman–Crippen LogP) is 2.95. The smallest absolute Gasteiger partial charge is 0.224 e. The van der Waals surface area contributed by atoms with Crippen molar-refractivity contribution in [3.05, 3.63) is 29.8 Å². The number of benzene rings is 1. The number of methoxy groups -OCH3 is 1. The highest BCUT2D eigenvalue weighted by atomic mass is 16.5. The predicted molar refractivity (Wildman–Crippen MR) is 91.9 cm³/mol. The lowest BCUT2D eigenvalue weighted by molar-refractivity contribution is -0.129. The van der Waals surface area contributed by atoms with Crippen LogP contribution in [-0.2, 0) is 16.0 Å². The van der Waals surface area contributed by atoms with E-state index in [1.54, 1.807) is 7.11 Å². The zero-order valence-corrected chi connectivity index (χ0v) is 14.4. The fourth-order valence-electron chi connectivity index (χ4n) is 5.12. The molecule has 4 rings (SSSR count). The third-order valence-corrected chi connectivity index (χ3v) is 6.25. The summed E-state index contributed by atoms with van der Waals surface area (Å²) in [7, 11) is 1.65. The van der Waals surface area contributed by atoms with Gasteiger partial charge in [-0.25, -0.2) is 0 Å². The third kappa shape index (κ3) is 2.81. The van der Waals surface area contributed by atoms with Gasteiger partial charge >= 0.3 is 0 Å². The van der Waals surface area contributed by atoms with Gasteiger partial charge in [0.1, 0.15) is 5.75 Å². The fourth-order valence-corrected chi connectivity index (χ4v) is 5.12. The molecular weight excluding hydrogens is 302 g/mol. The summed E-state index contributed by atoms with van der Waals surface area (Å²) in [6, 6.07) is 8.07. The van der Waals surface area contributed by atoms with Crippen molar-refractivity contribution >= 4 is 5.91 Å². The average Bonchev–Trinajstić information content (AvgIpc) is 3.24. The minimum Gasteiger partial charge on any atom is -0.496 e. The number of para-hydroxylation sites is 1. The molecule has 1 N–H and O–H groups in total. The van der Waals surface area contributed by atoms with Crippen LogP contribution in [0.5, 0.6) is 5.75 Å². The van der Waals surface area contributed by atoms with Gasteiger partial charge in [0.15, 0.2) is 0 Å². The van der Waals surface area contributed by atoms with Crippen molar-refractivity contribution in [2.45, 2.75) is 50.7 Å². The Labute approximate surface area is 143 Å². The van der Waals surface area contributed by atoms with Crippen molar-refractivity contribution in [3.63, 3.8) is 0 Å². The van der Waals surface area contributed by atoms with Crippen molar-refractivity contribution in [3.8, 4) is 5.75 Å². The fraction of sp³-hybridized carbons (Fsp3) is 0.650. The first kappa shape index (κ1) is 15.9. The van der Waals surface area contributed by atoms with E-state index in [-0.39, 0.29) is 5.91 Å². The highest BCUT2D eigenvalue weighted by Crippen LogP contribution is 2.51. The maximum Gasteiger partial charge on any atom is 0.224 e. The molecule has 1 amide bonds. The lowest BCUT2D eigenvalue weighted by atomic mass is 9.61. The number of carbonyl (C=O) groups excluding carboxylic acids is 1. The minimum atomic E-state index is 0.109. The van der Waals surface area contributed by atoms with Crippen LogP contribution in [0.1, 0.15) is 37.7 Å². The number of rotatable bonds is 5. The highest BCUT2D eigenvalue weighted by Gasteiger charge is 2.56. The Hall–Kier alpha value is -1.55. The van der Waals surface area contributed by atoms with E-state index in [4.69, 9.17) is 9.47 Å². The van der Waals surface area contributed by atoms with Gasteiger partial charge in [-0.3, -0.25) is 4.79 Å². The van der Waals surface area contributed by atoms with E-state index >= 15 is 0 Å². The highest BCUT2D eigenvalue weighted by molar-refractivity contribution is 5.79. The molecule has 1 aliphatic heterocycles. The standard InChI is InChI=1S/C20H27NO3/c1-23-16-9-5-4-8-14(16)12-17(22)21-19-15-10-11-24-20(15)18(19)13-6-2-3-7-13/h4-5,8-9,13,15,18-20H,2-3,6-7,10-12H2,1H3,(H,21,22)/t15-,18+,19+,20-/m0/s1. The first-order chi connectivity index (χ1) is 11.8. The van der Waals surface area contributed by atoms with Gasteiger partial charge in [-0.05, 0) is 18.4 Å². The second kappa shape index (κ2) is 6.75. The second-order valence-electron chi connectivity index (χ2n) is 7.49. The van der Waals surface area contributed by atoms with Crippen LogP contribution in [0, 0.1) is 17.8 Å². The van der Waals surface area contributed by atoms with Gasteiger partial charge in [-0.1, -0.05) is 43.9 Å². The van der Waals surface area contributed by atoms with Gasteiger partial charge in [0.2, 0.25) is 5.91 Å². The van der Waals surface area contributed by atoms with Crippen LogP contribution < -0.4 is 10.1 Å². The molecule has 2 saturated carbocycles. The molecule has 0 spiro atoms. The van der Waals surface area contributed by atoms with Crippen molar-refractivity contribution < 1.29 is 14.3 Å². The molecule has 0 bridgehead atoms. The van der Waals surface area contributed by atoms with Crippen LogP contribution in [0.3, 0.4) is 0 Å². The van der Waals surface area contributed by atoms with Gasteiger partial charge in [0.05, 0.1) is 19.6 Å². The Morgan fingerprint density at radius 3 is 2.83 bits per heavy atom. The summed E-state index contributed by atoms with van der Waals surface area (Å²) in [4.78, 5) is 12.6. The zero-order valence-electron chi connectivity index (χ0n) is 14.4. The summed E-state index contributed by atoms with van der Waals surface area (Å²) in [5.41, 5.74) is 0.952. The number of hydrogen-bond acceptors (Lipinski definition) is 3. The maximum absolute atomic E-state index is 12.6. The maximum atomic E-state index is 12.6. The van der Waals surface area contributed by atoms with Crippen molar-refractivity contribution in [1.82, 2.24) is 5.32 Å². The largest absolute Gasteiger partial charge is 0.496 e. The molecule has 1 aromatic carbocycles. The van der Waals surface area contributed by atoms with Crippen LogP contribution >= 0.6 is 0 Å². The number of carbonyl (C=O) groups is 1. The van der Waals surface area contributed by atoms with Crippen LogP contribution in [0.25, 0.3) is 0 Å². The monoisotopic (exact) mass is 329 g/mol. The molecule has 24 heavy (non-hydrogen) atoms. The number of fused-ring (bicyclic) bond motifs is 1. The lowest BCUT2D eigenvalue weighted by Crippen LogP contribution is -2.63. The molecule has 4 heteroatoms. The van der Waals surface area contributed by atoms with E-state index < -0.39 is 0 Å². The summed E-state index contributed by atoms with van der Waals surface area (Å²) >= 11 is 0. The van der Waals surface area contributed by atoms with E-state index in [1.165, 1.54) is 25.7 Å². The second-order valence-corrected chi connectivity index (χ2v) is 7.49. The third-order valence-electron chi connectivity index (χ3n) is 6.25. The van der Waals surface area contributed by atoms with Crippen molar-refractivity contribution in [1.29, 1.82) is 0 Å². The quantitative estimate of drug-likeness (QED) is 0.903. The topological polar surface area (TPSA) is 47.6 Å². The first-order valence-corrected chi connectivity index (χ1v) is 9.31. The Morgan fingerprint density at radius 1 is 1.25 bits per heavy atom. The number of amides is 1. The van der Waals surface area contributed by atoms with Crippen LogP contribution in [0.15, 0.2) is 24.3 Å². The molecule has 1 saturated heterocycles. The molecule has 4 nitrogen and oxygen atoms in total. The summed E-state index contributed by atoms with van der Waals surface area (Å²) in [5.74, 6) is 2.69. The lowest BCUT2D eigenvalue weighted by Gasteiger charge is -2.50. The number of nitrogens with one attached hydrogen (secondary N) is 1. The van der Waals surface area contributed by atoms with Gasteiger partial charge in [0, 0.05) is 30.0 Å². The molecule has 130 valence electrons. The van der Waals surface area contributed by atoms with E-state index in [1.807, 2.05) is 24.3 Å². The molecule has 1 aromatic rings. The summed E-state index contributed by atoms with van der Waals surface area (Å²) in [5, 5.41) is 3.34. The van der Waals surface area contributed by atoms with Gasteiger partial charge < -0.3 is 14.8 Å². The van der Waals surface area contributed by atoms with E-state index in [9.17, 15) is 4.79 Å². The Morgan fingerprint density at radius 2 is 2.04 bits per heavy atom. The van der Waals surface area contributed by atoms with E-state index in [0.717, 1.165) is 30.3 Å². The Bertz CT molecular complexity index is 592. The first-order valence-electron chi connectivity index (χ1n) is 9.31. The molecule has 0 radical (unpaired) electrons. The van der Waals surface area contributed by atoms with Gasteiger partial charge in [-0.2, -0.15) is 0 Å². The van der Waals surface area contributed by atoms with Crippen LogP contribution in [0.4, 0.5) is 0 Å². The number of hydrogen-bond donors (Lipinski definition) is 1. The normalized spacial score (nSPS) is 32.2. The molecule has 0 unspecified atom stereocenters. The molecule has 2 aliphatic carbocycles. The molecule has 4 atom stereocenters. The molecule has 0 aromatic heterocycles. The van der Waals surface area contributed by atoms with E-state index in [2.05, 4.69) is 5.32 Å².